The van der Waals surface area contributed by atoms with Crippen molar-refractivity contribution in [1.82, 2.24) is 19.9 Å². The van der Waals surface area contributed by atoms with Crippen LogP contribution in [0.15, 0.2) is 55.1 Å². The molecule has 134 valence electrons. The van der Waals surface area contributed by atoms with Crippen LogP contribution >= 0.6 is 0 Å². The van der Waals surface area contributed by atoms with Gasteiger partial charge in [0.15, 0.2) is 0 Å². The fraction of sp³-hybridized carbons (Fsp3) is 0.111. The molecule has 27 heavy (non-hydrogen) atoms. The molecule has 1 aliphatic heterocycles. The van der Waals surface area contributed by atoms with Gasteiger partial charge in [0.25, 0.3) is 0 Å². The number of anilines is 2. The highest BCUT2D eigenvalue weighted by Gasteiger charge is 2.42. The normalized spacial score (nSPS) is 15.4. The van der Waals surface area contributed by atoms with E-state index >= 15 is 0 Å². The summed E-state index contributed by atoms with van der Waals surface area (Å²) in [5, 5.41) is 0. The fourth-order valence-corrected chi connectivity index (χ4v) is 2.70. The number of ketones is 1. The third-order valence-corrected chi connectivity index (χ3v) is 3.75. The highest BCUT2D eigenvalue weighted by atomic mass is 16.6. The van der Waals surface area contributed by atoms with Crippen LogP contribution in [0.1, 0.15) is 17.3 Å². The van der Waals surface area contributed by atoms with Crippen LogP contribution in [0.3, 0.4) is 0 Å². The largest absolute Gasteiger partial charge is 0.433 e. The number of aromatic nitrogens is 4. The minimum Gasteiger partial charge on any atom is -0.433 e. The molecule has 0 bridgehead atoms. The number of ether oxygens (including phenoxy) is 2. The summed E-state index contributed by atoms with van der Waals surface area (Å²) in [5.41, 5.74) is 0.834. The summed E-state index contributed by atoms with van der Waals surface area (Å²) in [6, 6.07) is 8.36. The quantitative estimate of drug-likeness (QED) is 0.645. The molecule has 4 rings (SSSR count). The molecule has 9 nitrogen and oxygen atoms in total. The van der Waals surface area contributed by atoms with E-state index in [1.807, 2.05) is 0 Å². The van der Waals surface area contributed by atoms with Crippen molar-refractivity contribution in [2.75, 3.05) is 4.90 Å². The molecule has 1 aromatic carbocycles. The van der Waals surface area contributed by atoms with Gasteiger partial charge in [-0.05, 0) is 30.3 Å². The van der Waals surface area contributed by atoms with Crippen molar-refractivity contribution in [2.45, 2.75) is 13.2 Å². The SMILES string of the molecule is CC(=O)OC1C(=O)c2cc(Oc3ncccn3)ccc2N1c1ncccn1. The van der Waals surface area contributed by atoms with Gasteiger partial charge in [0.2, 0.25) is 18.0 Å². The molecule has 0 saturated heterocycles. The number of nitrogens with zero attached hydrogens (tertiary/aromatic N) is 5. The molecule has 0 N–H and O–H groups in total. The summed E-state index contributed by atoms with van der Waals surface area (Å²) < 4.78 is 10.8. The Morgan fingerprint density at radius 2 is 1.70 bits per heavy atom. The number of hydrogen-bond acceptors (Lipinski definition) is 9. The molecular weight excluding hydrogens is 350 g/mol. The maximum absolute atomic E-state index is 12.9. The van der Waals surface area contributed by atoms with E-state index in [2.05, 4.69) is 19.9 Å². The Bertz CT molecular complexity index is 997. The highest BCUT2D eigenvalue weighted by molar-refractivity contribution is 6.12. The molecule has 0 spiro atoms. The predicted molar refractivity (Wildman–Crippen MR) is 92.6 cm³/mol. The van der Waals surface area contributed by atoms with Crippen LogP contribution in [0, 0.1) is 0 Å². The first-order valence-electron chi connectivity index (χ1n) is 8.00. The van der Waals surface area contributed by atoms with Crippen molar-refractivity contribution in [3.05, 3.63) is 60.7 Å². The number of carbonyl (C=O) groups is 2. The zero-order valence-corrected chi connectivity index (χ0v) is 14.1. The van der Waals surface area contributed by atoms with Gasteiger partial charge in [0, 0.05) is 31.7 Å². The number of hydrogen-bond donors (Lipinski definition) is 0. The maximum atomic E-state index is 12.9. The van der Waals surface area contributed by atoms with Crippen LogP contribution in [0.4, 0.5) is 11.6 Å². The molecule has 1 aliphatic rings. The lowest BCUT2D eigenvalue weighted by molar-refractivity contribution is -0.143. The third-order valence-electron chi connectivity index (χ3n) is 3.75. The number of esters is 1. The van der Waals surface area contributed by atoms with E-state index in [-0.39, 0.29) is 12.0 Å². The molecule has 3 aromatic rings. The zero-order valence-electron chi connectivity index (χ0n) is 14.1. The smallest absolute Gasteiger partial charge is 0.321 e. The van der Waals surface area contributed by atoms with E-state index in [4.69, 9.17) is 9.47 Å². The van der Waals surface area contributed by atoms with Gasteiger partial charge in [0.05, 0.1) is 11.3 Å². The van der Waals surface area contributed by atoms with Crippen molar-refractivity contribution >= 4 is 23.4 Å². The molecule has 0 aliphatic carbocycles. The van der Waals surface area contributed by atoms with Crippen LogP contribution in [-0.4, -0.2) is 37.9 Å². The van der Waals surface area contributed by atoms with Crippen LogP contribution in [-0.2, 0) is 9.53 Å². The maximum Gasteiger partial charge on any atom is 0.321 e. The second-order valence-corrected chi connectivity index (χ2v) is 5.56. The Morgan fingerprint density at radius 3 is 2.37 bits per heavy atom. The van der Waals surface area contributed by atoms with Crippen LogP contribution in [0.2, 0.25) is 0 Å². The molecule has 9 heteroatoms. The minimum absolute atomic E-state index is 0.155. The molecule has 3 heterocycles. The average Bonchev–Trinajstić information content (AvgIpc) is 2.94. The number of rotatable bonds is 4. The molecule has 2 aromatic heterocycles. The second-order valence-electron chi connectivity index (χ2n) is 5.56. The first kappa shape index (κ1) is 16.6. The van der Waals surface area contributed by atoms with Crippen molar-refractivity contribution in [3.63, 3.8) is 0 Å². The van der Waals surface area contributed by atoms with Gasteiger partial charge in [-0.3, -0.25) is 14.5 Å². The highest BCUT2D eigenvalue weighted by Crippen LogP contribution is 2.39. The molecule has 1 atom stereocenters. The second kappa shape index (κ2) is 6.79. The Hall–Kier alpha value is -3.88. The van der Waals surface area contributed by atoms with E-state index in [0.717, 1.165) is 0 Å². The Morgan fingerprint density at radius 1 is 1.04 bits per heavy atom. The number of Topliss-reactive ketones (excluding diaryl/α,β-unsaturated/α-hetero) is 1. The van der Waals surface area contributed by atoms with E-state index in [1.165, 1.54) is 11.8 Å². The molecular formula is C18H13N5O4. The molecule has 0 radical (unpaired) electrons. The Balaban J connectivity index is 1.74. The fourth-order valence-electron chi connectivity index (χ4n) is 2.70. The summed E-state index contributed by atoms with van der Waals surface area (Å²) >= 11 is 0. The van der Waals surface area contributed by atoms with Crippen molar-refractivity contribution in [1.29, 1.82) is 0 Å². The van der Waals surface area contributed by atoms with Gasteiger partial charge in [0.1, 0.15) is 5.75 Å². The minimum atomic E-state index is -1.18. The molecule has 0 saturated carbocycles. The number of carbonyl (C=O) groups excluding carboxylic acids is 2. The van der Waals surface area contributed by atoms with Gasteiger partial charge < -0.3 is 9.47 Å². The summed E-state index contributed by atoms with van der Waals surface area (Å²) in [6.07, 6.45) is 5.00. The summed E-state index contributed by atoms with van der Waals surface area (Å²) in [6.45, 7) is 1.24. The van der Waals surface area contributed by atoms with Gasteiger partial charge in [-0.25, -0.2) is 19.9 Å². The summed E-state index contributed by atoms with van der Waals surface area (Å²) in [4.78, 5) is 42.1. The first-order chi connectivity index (χ1) is 13.1. The Kier molecular flexibility index (Phi) is 4.17. The lowest BCUT2D eigenvalue weighted by atomic mass is 10.1. The van der Waals surface area contributed by atoms with E-state index in [9.17, 15) is 9.59 Å². The lowest BCUT2D eigenvalue weighted by Crippen LogP contribution is -2.36. The lowest BCUT2D eigenvalue weighted by Gasteiger charge is -2.23. The van der Waals surface area contributed by atoms with Gasteiger partial charge in [-0.15, -0.1) is 0 Å². The standard InChI is InChI=1S/C18H13N5O4/c1-11(24)26-16-15(25)13-10-12(27-18-21-8-3-9-22-18)4-5-14(13)23(16)17-19-6-2-7-20-17/h2-10,16H,1H3. The molecule has 0 amide bonds. The van der Waals surface area contributed by atoms with E-state index < -0.39 is 18.0 Å². The van der Waals surface area contributed by atoms with Gasteiger partial charge in [-0.1, -0.05) is 0 Å². The van der Waals surface area contributed by atoms with Crippen molar-refractivity contribution in [2.24, 2.45) is 0 Å². The van der Waals surface area contributed by atoms with E-state index in [1.54, 1.807) is 55.1 Å². The van der Waals surface area contributed by atoms with E-state index in [0.29, 0.717) is 17.0 Å². The van der Waals surface area contributed by atoms with Crippen molar-refractivity contribution < 1.29 is 19.1 Å². The Labute approximate surface area is 153 Å². The molecule has 1 unspecified atom stereocenters. The number of benzene rings is 1. The summed E-state index contributed by atoms with van der Waals surface area (Å²) in [5.74, 6) is -0.357. The van der Waals surface area contributed by atoms with Crippen LogP contribution < -0.4 is 9.64 Å². The van der Waals surface area contributed by atoms with Crippen molar-refractivity contribution in [3.8, 4) is 11.8 Å². The first-order valence-corrected chi connectivity index (χ1v) is 8.00. The predicted octanol–water partition coefficient (Wildman–Crippen LogP) is 2.28. The average molecular weight is 363 g/mol. The van der Waals surface area contributed by atoms with Gasteiger partial charge in [-0.2, -0.15) is 0 Å². The number of fused-ring (bicyclic) bond motifs is 1. The summed E-state index contributed by atoms with van der Waals surface area (Å²) in [7, 11) is 0. The topological polar surface area (TPSA) is 107 Å². The molecule has 0 fully saturated rings. The van der Waals surface area contributed by atoms with Crippen LogP contribution in [0.25, 0.3) is 0 Å². The zero-order chi connectivity index (χ0) is 18.8. The monoisotopic (exact) mass is 363 g/mol. The third kappa shape index (κ3) is 3.17. The van der Waals surface area contributed by atoms with Gasteiger partial charge >= 0.3 is 12.0 Å². The van der Waals surface area contributed by atoms with Crippen LogP contribution in [0.5, 0.6) is 11.8 Å².